The number of Topliss-reactive ketones (excluding diaryl/α,β-unsaturated/α-hetero) is 2. The highest BCUT2D eigenvalue weighted by Gasteiger charge is 2.19. The third-order valence-electron chi connectivity index (χ3n) is 4.32. The molecule has 0 spiro atoms. The molecule has 180 valence electrons. The SMILES string of the molecule is CC(=O)[C@@H](N)CCCCN.CC(=O)[C@@H](N)CCCN=C(N)N.CCC(N)(CO)CO. The highest BCUT2D eigenvalue weighted by atomic mass is 16.3. The molecule has 14 N–H and O–H groups in total. The van der Waals surface area contributed by atoms with Crippen LogP contribution in [0.2, 0.25) is 0 Å². The van der Waals surface area contributed by atoms with Crippen molar-refractivity contribution >= 4 is 17.5 Å². The molecule has 2 atom stereocenters. The van der Waals surface area contributed by atoms with E-state index < -0.39 is 5.54 Å². The lowest BCUT2D eigenvalue weighted by atomic mass is 10.0. The standard InChI is InChI=1S/C7H16N4O.C7H16N2O.C5H13NO2/c1-5(12)6(8)3-2-4-11-7(9)10;1-6(10)7(9)4-2-3-5-8;1-2-5(6,3-7)4-8/h6H,2-4,8H2,1H3,(H4,9,10,11);7H,2-5,8-9H2,1H3;7-8H,2-4,6H2,1H3/t6-;7-;/m00./s1. The Morgan fingerprint density at radius 3 is 1.63 bits per heavy atom. The molecule has 0 aromatic rings. The molecule has 0 saturated carbocycles. The van der Waals surface area contributed by atoms with E-state index in [0.29, 0.717) is 25.9 Å². The lowest BCUT2D eigenvalue weighted by molar-refractivity contribution is -0.119. The Hall–Kier alpha value is -1.63. The zero-order valence-corrected chi connectivity index (χ0v) is 18.8. The van der Waals surface area contributed by atoms with Crippen molar-refractivity contribution in [3.8, 4) is 0 Å². The Balaban J connectivity index is -0.000000372. The number of nitrogens with zero attached hydrogens (tertiary/aromatic N) is 1. The summed E-state index contributed by atoms with van der Waals surface area (Å²) in [5.41, 5.74) is 31.0. The summed E-state index contributed by atoms with van der Waals surface area (Å²) in [7, 11) is 0. The Morgan fingerprint density at radius 1 is 0.933 bits per heavy atom. The molecule has 0 fully saturated rings. The first-order valence-electron chi connectivity index (χ1n) is 10.2. The van der Waals surface area contributed by atoms with Gasteiger partial charge in [-0.05, 0) is 52.5 Å². The molecular formula is C19H45N7O4. The molecule has 0 aliphatic carbocycles. The number of aliphatic hydroxyl groups is 2. The molecule has 0 heterocycles. The molecule has 0 aromatic heterocycles. The van der Waals surface area contributed by atoms with Crippen LogP contribution < -0.4 is 34.4 Å². The van der Waals surface area contributed by atoms with Gasteiger partial charge in [0, 0.05) is 6.54 Å². The molecule has 0 aromatic carbocycles. The van der Waals surface area contributed by atoms with Crippen LogP contribution in [-0.2, 0) is 9.59 Å². The van der Waals surface area contributed by atoms with Gasteiger partial charge in [0.2, 0.25) is 0 Å². The highest BCUT2D eigenvalue weighted by molar-refractivity contribution is 5.81. The predicted octanol–water partition coefficient (Wildman–Crippen LogP) is -1.93. The summed E-state index contributed by atoms with van der Waals surface area (Å²) >= 11 is 0. The summed E-state index contributed by atoms with van der Waals surface area (Å²) in [6.07, 6.45) is 4.65. The summed E-state index contributed by atoms with van der Waals surface area (Å²) < 4.78 is 0. The zero-order chi connectivity index (χ0) is 24.2. The van der Waals surface area contributed by atoms with Gasteiger partial charge < -0.3 is 44.6 Å². The van der Waals surface area contributed by atoms with E-state index in [1.807, 2.05) is 6.92 Å². The van der Waals surface area contributed by atoms with E-state index in [2.05, 4.69) is 4.99 Å². The van der Waals surface area contributed by atoms with Gasteiger partial charge in [0.25, 0.3) is 0 Å². The van der Waals surface area contributed by atoms with Gasteiger partial charge in [0.05, 0.1) is 30.8 Å². The largest absolute Gasteiger partial charge is 0.394 e. The molecule has 0 rings (SSSR count). The first-order chi connectivity index (χ1) is 13.9. The number of hydrogen-bond donors (Lipinski definition) is 8. The normalized spacial score (nSPS) is 12.4. The molecule has 11 nitrogen and oxygen atoms in total. The summed E-state index contributed by atoms with van der Waals surface area (Å²) in [6, 6.07) is -0.647. The summed E-state index contributed by atoms with van der Waals surface area (Å²) in [5.74, 6) is 0.142. The van der Waals surface area contributed by atoms with Gasteiger partial charge in [-0.15, -0.1) is 0 Å². The van der Waals surface area contributed by atoms with Gasteiger partial charge in [-0.2, -0.15) is 0 Å². The highest BCUT2D eigenvalue weighted by Crippen LogP contribution is 2.01. The second-order valence-corrected chi connectivity index (χ2v) is 7.20. The lowest BCUT2D eigenvalue weighted by Gasteiger charge is -2.21. The maximum Gasteiger partial charge on any atom is 0.185 e. The number of aliphatic imine (C=N–C) groups is 1. The lowest BCUT2D eigenvalue weighted by Crippen LogP contribution is -2.46. The first kappa shape index (κ1) is 33.0. The van der Waals surface area contributed by atoms with E-state index in [1.165, 1.54) is 13.8 Å². The first-order valence-corrected chi connectivity index (χ1v) is 10.2. The van der Waals surface area contributed by atoms with Gasteiger partial charge in [0.15, 0.2) is 5.96 Å². The van der Waals surface area contributed by atoms with E-state index >= 15 is 0 Å². The minimum atomic E-state index is -0.764. The average molecular weight is 436 g/mol. The van der Waals surface area contributed by atoms with Crippen molar-refractivity contribution in [3.63, 3.8) is 0 Å². The van der Waals surface area contributed by atoms with Crippen molar-refractivity contribution in [2.45, 2.75) is 76.9 Å². The van der Waals surface area contributed by atoms with E-state index in [0.717, 1.165) is 25.7 Å². The fourth-order valence-corrected chi connectivity index (χ4v) is 1.71. The van der Waals surface area contributed by atoms with Gasteiger partial charge in [-0.1, -0.05) is 13.3 Å². The number of ketones is 2. The van der Waals surface area contributed by atoms with Crippen molar-refractivity contribution in [1.82, 2.24) is 0 Å². The van der Waals surface area contributed by atoms with Crippen molar-refractivity contribution in [3.05, 3.63) is 0 Å². The van der Waals surface area contributed by atoms with Crippen LogP contribution in [0.4, 0.5) is 0 Å². The third-order valence-corrected chi connectivity index (χ3v) is 4.32. The molecular weight excluding hydrogens is 390 g/mol. The molecule has 0 aliphatic heterocycles. The smallest absolute Gasteiger partial charge is 0.185 e. The number of carbonyl (C=O) groups is 2. The van der Waals surface area contributed by atoms with Crippen LogP contribution in [0.25, 0.3) is 0 Å². The zero-order valence-electron chi connectivity index (χ0n) is 18.8. The molecule has 0 aliphatic rings. The molecule has 30 heavy (non-hydrogen) atoms. The maximum atomic E-state index is 10.7. The van der Waals surface area contributed by atoms with Crippen molar-refractivity contribution < 1.29 is 19.8 Å². The molecule has 11 heteroatoms. The molecule has 0 bridgehead atoms. The van der Waals surface area contributed by atoms with Gasteiger partial charge >= 0.3 is 0 Å². The molecule has 0 radical (unpaired) electrons. The number of unbranched alkanes of at least 4 members (excludes halogenated alkanes) is 1. The van der Waals surface area contributed by atoms with Crippen molar-refractivity contribution in [1.29, 1.82) is 0 Å². The Morgan fingerprint density at radius 2 is 1.37 bits per heavy atom. The van der Waals surface area contributed by atoms with E-state index in [9.17, 15) is 9.59 Å². The van der Waals surface area contributed by atoms with Gasteiger partial charge in [0.1, 0.15) is 11.6 Å². The second kappa shape index (κ2) is 20.6. The van der Waals surface area contributed by atoms with Crippen LogP contribution in [0.1, 0.15) is 59.3 Å². The summed E-state index contributed by atoms with van der Waals surface area (Å²) in [6.45, 7) is 5.73. The van der Waals surface area contributed by atoms with Crippen LogP contribution >= 0.6 is 0 Å². The Kier molecular flexibility index (Phi) is 22.7. The molecule has 0 amide bonds. The second-order valence-electron chi connectivity index (χ2n) is 7.20. The summed E-state index contributed by atoms with van der Waals surface area (Å²) in [4.78, 5) is 25.0. The predicted molar refractivity (Wildman–Crippen MR) is 122 cm³/mol. The fourth-order valence-electron chi connectivity index (χ4n) is 1.71. The Bertz CT molecular complexity index is 460. The molecule has 0 unspecified atom stereocenters. The number of aliphatic hydroxyl groups excluding tert-OH is 2. The van der Waals surface area contributed by atoms with Crippen molar-refractivity contribution in [2.24, 2.45) is 39.4 Å². The van der Waals surface area contributed by atoms with Gasteiger partial charge in [-0.3, -0.25) is 14.6 Å². The number of rotatable bonds is 13. The van der Waals surface area contributed by atoms with Crippen LogP contribution in [0.15, 0.2) is 4.99 Å². The topological polar surface area (TPSA) is 243 Å². The van der Waals surface area contributed by atoms with Crippen LogP contribution in [0.5, 0.6) is 0 Å². The van der Waals surface area contributed by atoms with Crippen LogP contribution in [0, 0.1) is 0 Å². The Labute approximate surface area is 180 Å². The van der Waals surface area contributed by atoms with Gasteiger partial charge in [-0.25, -0.2) is 0 Å². The van der Waals surface area contributed by atoms with E-state index in [1.54, 1.807) is 0 Å². The molecule has 0 saturated heterocycles. The minimum absolute atomic E-state index is 0.000278. The van der Waals surface area contributed by atoms with E-state index in [-0.39, 0.29) is 42.8 Å². The number of guanidine groups is 1. The van der Waals surface area contributed by atoms with E-state index in [4.69, 9.17) is 44.6 Å². The maximum absolute atomic E-state index is 10.7. The number of carbonyl (C=O) groups excluding carboxylic acids is 2. The quantitative estimate of drug-likeness (QED) is 0.0903. The monoisotopic (exact) mass is 435 g/mol. The average Bonchev–Trinajstić information content (AvgIpc) is 2.71. The third kappa shape index (κ3) is 22.7. The fraction of sp³-hybridized carbons (Fsp3) is 0.842. The summed E-state index contributed by atoms with van der Waals surface area (Å²) in [5, 5.41) is 17.0. The van der Waals surface area contributed by atoms with Crippen molar-refractivity contribution in [2.75, 3.05) is 26.3 Å². The number of nitrogens with two attached hydrogens (primary N) is 6. The minimum Gasteiger partial charge on any atom is -0.394 e. The van der Waals surface area contributed by atoms with Crippen LogP contribution in [-0.4, -0.2) is 71.7 Å². The number of hydrogen-bond acceptors (Lipinski definition) is 9. The van der Waals surface area contributed by atoms with Crippen LogP contribution in [0.3, 0.4) is 0 Å².